The topological polar surface area (TPSA) is 58.1 Å². The van der Waals surface area contributed by atoms with Gasteiger partial charge in [-0.3, -0.25) is 4.79 Å². The van der Waals surface area contributed by atoms with Gasteiger partial charge in [0.1, 0.15) is 0 Å². The second-order valence-corrected chi connectivity index (χ2v) is 8.52. The zero-order valence-corrected chi connectivity index (χ0v) is 15.7. The van der Waals surface area contributed by atoms with E-state index in [1.54, 1.807) is 18.5 Å². The van der Waals surface area contributed by atoms with Crippen molar-refractivity contribution in [3.63, 3.8) is 0 Å². The molecule has 5 atom stereocenters. The van der Waals surface area contributed by atoms with Gasteiger partial charge in [0.05, 0.1) is 6.04 Å². The standard InChI is InChI=1S/C22H26N4O/c1-22-14-16-17(13-15-7-3-2-4-8-15)26(19(22)10-5-9-18(22)25-16)21(27)20-23-11-6-12-24-20/h2-4,6-8,11-12,16-19,25H,5,9-10,13-14H2,1H3/t16-,17+,18-,19+,22-/m0/s1. The van der Waals surface area contributed by atoms with E-state index in [2.05, 4.69) is 51.4 Å². The van der Waals surface area contributed by atoms with Crippen molar-refractivity contribution in [3.05, 3.63) is 60.2 Å². The Morgan fingerprint density at radius 2 is 1.96 bits per heavy atom. The van der Waals surface area contributed by atoms with Crippen LogP contribution in [0.5, 0.6) is 0 Å². The van der Waals surface area contributed by atoms with Gasteiger partial charge in [0.2, 0.25) is 5.82 Å². The molecule has 0 unspecified atom stereocenters. The van der Waals surface area contributed by atoms with E-state index in [0.717, 1.165) is 19.3 Å². The number of carbonyl (C=O) groups excluding carboxylic acids is 1. The average Bonchev–Trinajstić information content (AvgIpc) is 3.05. The fourth-order valence-corrected chi connectivity index (χ4v) is 5.79. The van der Waals surface area contributed by atoms with E-state index in [1.165, 1.54) is 18.4 Å². The van der Waals surface area contributed by atoms with Gasteiger partial charge in [0.15, 0.2) is 0 Å². The van der Waals surface area contributed by atoms with Crippen molar-refractivity contribution in [3.8, 4) is 0 Å². The van der Waals surface area contributed by atoms with Gasteiger partial charge in [-0.1, -0.05) is 37.3 Å². The lowest BCUT2D eigenvalue weighted by atomic mass is 9.64. The third-order valence-corrected chi connectivity index (χ3v) is 7.04. The van der Waals surface area contributed by atoms with Crippen molar-refractivity contribution in [1.29, 1.82) is 0 Å². The quantitative estimate of drug-likeness (QED) is 0.912. The summed E-state index contributed by atoms with van der Waals surface area (Å²) in [5.41, 5.74) is 1.43. The average molecular weight is 362 g/mol. The zero-order valence-electron chi connectivity index (χ0n) is 15.7. The summed E-state index contributed by atoms with van der Waals surface area (Å²) >= 11 is 0. The molecule has 5 rings (SSSR count). The molecule has 1 aromatic carbocycles. The zero-order chi connectivity index (χ0) is 18.4. The van der Waals surface area contributed by atoms with Gasteiger partial charge in [-0.2, -0.15) is 0 Å². The van der Waals surface area contributed by atoms with Gasteiger partial charge in [-0.25, -0.2) is 9.97 Å². The van der Waals surface area contributed by atoms with E-state index in [9.17, 15) is 4.79 Å². The highest BCUT2D eigenvalue weighted by Gasteiger charge is 2.60. The lowest BCUT2D eigenvalue weighted by molar-refractivity contribution is -0.0119. The summed E-state index contributed by atoms with van der Waals surface area (Å²) in [6, 6.07) is 13.5. The van der Waals surface area contributed by atoms with Crippen LogP contribution in [0.15, 0.2) is 48.8 Å². The number of aromatic nitrogens is 2. The molecule has 3 fully saturated rings. The molecule has 1 aromatic heterocycles. The maximum Gasteiger partial charge on any atom is 0.292 e. The van der Waals surface area contributed by atoms with E-state index in [1.807, 2.05) is 6.07 Å². The second-order valence-electron chi connectivity index (χ2n) is 8.52. The lowest BCUT2D eigenvalue weighted by Gasteiger charge is -2.53. The molecular weight excluding hydrogens is 336 g/mol. The van der Waals surface area contributed by atoms with Crippen molar-refractivity contribution in [2.24, 2.45) is 5.41 Å². The number of carbonyl (C=O) groups is 1. The molecule has 2 saturated heterocycles. The number of likely N-dealkylation sites (tertiary alicyclic amines) is 1. The minimum Gasteiger partial charge on any atom is -0.327 e. The smallest absolute Gasteiger partial charge is 0.292 e. The van der Waals surface area contributed by atoms with Gasteiger partial charge in [-0.15, -0.1) is 0 Å². The Morgan fingerprint density at radius 3 is 2.74 bits per heavy atom. The first-order chi connectivity index (χ1) is 13.2. The Labute approximate surface area is 160 Å². The summed E-state index contributed by atoms with van der Waals surface area (Å²) in [5, 5.41) is 3.90. The van der Waals surface area contributed by atoms with Crippen LogP contribution in [-0.4, -0.2) is 44.9 Å². The van der Waals surface area contributed by atoms with Crippen molar-refractivity contribution in [1.82, 2.24) is 20.2 Å². The number of nitrogens with zero attached hydrogens (tertiary/aromatic N) is 3. The van der Waals surface area contributed by atoms with E-state index < -0.39 is 0 Å². The highest BCUT2D eigenvalue weighted by Crippen LogP contribution is 2.52. The minimum absolute atomic E-state index is 0.0122. The van der Waals surface area contributed by atoms with Gasteiger partial charge >= 0.3 is 0 Å². The number of benzene rings is 1. The molecule has 1 N–H and O–H groups in total. The Kier molecular flexibility index (Phi) is 4.01. The monoisotopic (exact) mass is 362 g/mol. The third-order valence-electron chi connectivity index (χ3n) is 7.04. The molecular formula is C22H26N4O. The Balaban J connectivity index is 1.55. The maximum atomic E-state index is 13.5. The second kappa shape index (κ2) is 6.41. The van der Waals surface area contributed by atoms with Crippen molar-refractivity contribution < 1.29 is 4.79 Å². The molecule has 2 bridgehead atoms. The van der Waals surface area contributed by atoms with Crippen LogP contribution in [0.2, 0.25) is 0 Å². The molecule has 2 aliphatic heterocycles. The molecule has 1 saturated carbocycles. The molecule has 140 valence electrons. The first-order valence-corrected chi connectivity index (χ1v) is 10.1. The van der Waals surface area contributed by atoms with Gasteiger partial charge in [0.25, 0.3) is 5.91 Å². The summed E-state index contributed by atoms with van der Waals surface area (Å²) in [4.78, 5) is 24.2. The van der Waals surface area contributed by atoms with Crippen molar-refractivity contribution in [2.75, 3.05) is 0 Å². The van der Waals surface area contributed by atoms with Gasteiger partial charge < -0.3 is 10.2 Å². The highest BCUT2D eigenvalue weighted by atomic mass is 16.2. The summed E-state index contributed by atoms with van der Waals surface area (Å²) in [6.07, 6.45) is 8.80. The molecule has 27 heavy (non-hydrogen) atoms. The van der Waals surface area contributed by atoms with Crippen molar-refractivity contribution in [2.45, 2.75) is 63.2 Å². The van der Waals surface area contributed by atoms with Crippen LogP contribution in [0.4, 0.5) is 0 Å². The molecule has 1 aliphatic carbocycles. The van der Waals surface area contributed by atoms with Gasteiger partial charge in [0, 0.05) is 35.9 Å². The summed E-state index contributed by atoms with van der Waals surface area (Å²) < 4.78 is 0. The molecule has 5 nitrogen and oxygen atoms in total. The summed E-state index contributed by atoms with van der Waals surface area (Å²) in [6.45, 7) is 2.37. The normalized spacial score (nSPS) is 34.5. The summed E-state index contributed by atoms with van der Waals surface area (Å²) in [7, 11) is 0. The molecule has 1 amide bonds. The number of amides is 1. The molecule has 3 heterocycles. The van der Waals surface area contributed by atoms with Crippen LogP contribution in [-0.2, 0) is 6.42 Å². The van der Waals surface area contributed by atoms with Crippen LogP contribution >= 0.6 is 0 Å². The van der Waals surface area contributed by atoms with Crippen LogP contribution in [0, 0.1) is 5.41 Å². The fraction of sp³-hybridized carbons (Fsp3) is 0.500. The SMILES string of the molecule is C[C@]12C[C@@H]3N[C@H]1CCC[C@H]2N(C(=O)c1ncccn1)[C@@H]3Cc1ccccc1. The van der Waals surface area contributed by atoms with Gasteiger partial charge in [-0.05, 0) is 43.7 Å². The largest absolute Gasteiger partial charge is 0.327 e. The fourth-order valence-electron chi connectivity index (χ4n) is 5.79. The van der Waals surface area contributed by atoms with Crippen LogP contribution in [0.3, 0.4) is 0 Å². The van der Waals surface area contributed by atoms with Crippen LogP contribution in [0.1, 0.15) is 48.8 Å². The predicted molar refractivity (Wildman–Crippen MR) is 103 cm³/mol. The summed E-state index contributed by atoms with van der Waals surface area (Å²) in [5.74, 6) is 0.310. The van der Waals surface area contributed by atoms with Crippen LogP contribution in [0.25, 0.3) is 0 Å². The highest BCUT2D eigenvalue weighted by molar-refractivity contribution is 5.91. The van der Waals surface area contributed by atoms with Crippen molar-refractivity contribution >= 4 is 5.91 Å². The number of hydrogen-bond donors (Lipinski definition) is 1. The lowest BCUT2D eigenvalue weighted by Crippen LogP contribution is -2.62. The first-order valence-electron chi connectivity index (χ1n) is 10.1. The van der Waals surface area contributed by atoms with E-state index in [0.29, 0.717) is 17.9 Å². The molecule has 0 radical (unpaired) electrons. The first kappa shape index (κ1) is 16.9. The molecule has 2 aromatic rings. The third kappa shape index (κ3) is 2.67. The van der Waals surface area contributed by atoms with E-state index in [-0.39, 0.29) is 23.4 Å². The number of hydrogen-bond acceptors (Lipinski definition) is 4. The predicted octanol–water partition coefficient (Wildman–Crippen LogP) is 2.83. The maximum absolute atomic E-state index is 13.5. The number of fused-ring (bicyclic) bond motifs is 1. The molecule has 0 spiro atoms. The molecule has 5 heteroatoms. The van der Waals surface area contributed by atoms with Crippen LogP contribution < -0.4 is 5.32 Å². The number of nitrogens with one attached hydrogen (secondary N) is 1. The minimum atomic E-state index is -0.0122. The number of piperidine rings is 1. The van der Waals surface area contributed by atoms with E-state index >= 15 is 0 Å². The van der Waals surface area contributed by atoms with E-state index in [4.69, 9.17) is 0 Å². The molecule has 3 aliphatic rings. The Hall–Kier alpha value is -2.27. The Morgan fingerprint density at radius 1 is 1.19 bits per heavy atom. The Bertz CT molecular complexity index is 827. The number of rotatable bonds is 3.